The summed E-state index contributed by atoms with van der Waals surface area (Å²) in [6.07, 6.45) is 0. The zero-order chi connectivity index (χ0) is 13.3. The summed E-state index contributed by atoms with van der Waals surface area (Å²) in [5.41, 5.74) is 10.7. The van der Waals surface area contributed by atoms with Gasteiger partial charge in [-0.3, -0.25) is 0 Å². The fourth-order valence-corrected chi connectivity index (χ4v) is 1.43. The Morgan fingerprint density at radius 3 is 2.50 bits per heavy atom. The molecule has 5 N–H and O–H groups in total. The Kier molecular flexibility index (Phi) is 2.80. The van der Waals surface area contributed by atoms with E-state index < -0.39 is 11.9 Å². The number of aromatic carboxylic acids is 1. The Hall–Kier alpha value is -2.70. The van der Waals surface area contributed by atoms with E-state index in [1.165, 1.54) is 24.3 Å². The average Bonchev–Trinajstić information content (AvgIpc) is 2.30. The number of carboxylic acid groups (broad SMARTS) is 1. The summed E-state index contributed by atoms with van der Waals surface area (Å²) >= 11 is 0. The van der Waals surface area contributed by atoms with Crippen molar-refractivity contribution in [2.24, 2.45) is 0 Å². The maximum atomic E-state index is 13.6. The van der Waals surface area contributed by atoms with Gasteiger partial charge in [0.15, 0.2) is 5.69 Å². The fraction of sp³-hybridized carbons (Fsp3) is 0. The topological polar surface area (TPSA) is 115 Å². The molecule has 0 atom stereocenters. The van der Waals surface area contributed by atoms with Gasteiger partial charge < -0.3 is 16.6 Å². The number of nitrogen functional groups attached to an aromatic ring is 2. The van der Waals surface area contributed by atoms with Crippen LogP contribution >= 0.6 is 0 Å². The first-order valence-electron chi connectivity index (χ1n) is 4.91. The molecule has 0 amide bonds. The highest BCUT2D eigenvalue weighted by atomic mass is 19.1. The lowest BCUT2D eigenvalue weighted by Crippen LogP contribution is -2.07. The van der Waals surface area contributed by atoms with E-state index in [1.54, 1.807) is 0 Å². The van der Waals surface area contributed by atoms with E-state index in [4.69, 9.17) is 16.6 Å². The smallest absolute Gasteiger partial charge is 0.356 e. The SMILES string of the molecule is Nc1ccc(-c2ccc(N)c(C(=O)O)n2)c(F)n1. The number of carbonyl (C=O) groups is 1. The molecule has 18 heavy (non-hydrogen) atoms. The minimum Gasteiger partial charge on any atom is -0.476 e. The maximum absolute atomic E-state index is 13.6. The van der Waals surface area contributed by atoms with E-state index in [0.717, 1.165) is 0 Å². The van der Waals surface area contributed by atoms with Crippen LogP contribution in [0.1, 0.15) is 10.5 Å². The molecule has 0 radical (unpaired) electrons. The van der Waals surface area contributed by atoms with Gasteiger partial charge in [-0.2, -0.15) is 4.39 Å². The summed E-state index contributed by atoms with van der Waals surface area (Å²) in [7, 11) is 0. The largest absolute Gasteiger partial charge is 0.476 e. The molecule has 0 bridgehead atoms. The fourth-order valence-electron chi connectivity index (χ4n) is 1.43. The summed E-state index contributed by atoms with van der Waals surface area (Å²) in [5, 5.41) is 8.88. The molecule has 0 saturated carbocycles. The van der Waals surface area contributed by atoms with E-state index in [0.29, 0.717) is 0 Å². The first kappa shape index (κ1) is 11.8. The lowest BCUT2D eigenvalue weighted by Gasteiger charge is -2.05. The number of rotatable bonds is 2. The predicted molar refractivity (Wildman–Crippen MR) is 63.2 cm³/mol. The molecule has 92 valence electrons. The highest BCUT2D eigenvalue weighted by Gasteiger charge is 2.14. The number of pyridine rings is 2. The summed E-state index contributed by atoms with van der Waals surface area (Å²) < 4.78 is 13.6. The van der Waals surface area contributed by atoms with Crippen molar-refractivity contribution in [1.82, 2.24) is 9.97 Å². The van der Waals surface area contributed by atoms with Crippen LogP contribution in [-0.4, -0.2) is 21.0 Å². The number of nitrogens with zero attached hydrogens (tertiary/aromatic N) is 2. The van der Waals surface area contributed by atoms with Crippen LogP contribution in [0.5, 0.6) is 0 Å². The average molecular weight is 248 g/mol. The Bertz CT molecular complexity index is 630. The third-order valence-electron chi connectivity index (χ3n) is 2.28. The predicted octanol–water partition coefficient (Wildman–Crippen LogP) is 1.15. The van der Waals surface area contributed by atoms with E-state index in [1.807, 2.05) is 0 Å². The van der Waals surface area contributed by atoms with Crippen molar-refractivity contribution in [2.75, 3.05) is 11.5 Å². The molecule has 0 unspecified atom stereocenters. The van der Waals surface area contributed by atoms with E-state index in [-0.39, 0.29) is 28.5 Å². The van der Waals surface area contributed by atoms with Gasteiger partial charge in [0.2, 0.25) is 5.95 Å². The van der Waals surface area contributed by atoms with Crippen LogP contribution in [0.2, 0.25) is 0 Å². The van der Waals surface area contributed by atoms with Crippen LogP contribution in [0.15, 0.2) is 24.3 Å². The van der Waals surface area contributed by atoms with Gasteiger partial charge in [-0.15, -0.1) is 0 Å². The number of carboxylic acids is 1. The third-order valence-corrected chi connectivity index (χ3v) is 2.28. The Balaban J connectivity index is 2.58. The third kappa shape index (κ3) is 2.05. The lowest BCUT2D eigenvalue weighted by atomic mass is 10.1. The van der Waals surface area contributed by atoms with E-state index in [2.05, 4.69) is 9.97 Å². The van der Waals surface area contributed by atoms with Crippen LogP contribution in [0.4, 0.5) is 15.9 Å². The number of aromatic nitrogens is 2. The molecular weight excluding hydrogens is 239 g/mol. The number of halogens is 1. The van der Waals surface area contributed by atoms with E-state index in [9.17, 15) is 9.18 Å². The zero-order valence-corrected chi connectivity index (χ0v) is 9.09. The van der Waals surface area contributed by atoms with Gasteiger partial charge >= 0.3 is 5.97 Å². The number of hydrogen-bond donors (Lipinski definition) is 3. The molecule has 0 spiro atoms. The van der Waals surface area contributed by atoms with Crippen LogP contribution in [0, 0.1) is 5.95 Å². The molecule has 0 fully saturated rings. The molecule has 7 heteroatoms. The summed E-state index contributed by atoms with van der Waals surface area (Å²) in [6, 6.07) is 5.54. The number of anilines is 2. The van der Waals surface area contributed by atoms with Crippen molar-refractivity contribution in [1.29, 1.82) is 0 Å². The van der Waals surface area contributed by atoms with Gasteiger partial charge in [0.25, 0.3) is 0 Å². The highest BCUT2D eigenvalue weighted by Crippen LogP contribution is 2.22. The maximum Gasteiger partial charge on any atom is 0.356 e. The van der Waals surface area contributed by atoms with Crippen molar-refractivity contribution in [2.45, 2.75) is 0 Å². The molecule has 0 aliphatic heterocycles. The van der Waals surface area contributed by atoms with Crippen molar-refractivity contribution < 1.29 is 14.3 Å². The first-order chi connectivity index (χ1) is 8.49. The van der Waals surface area contributed by atoms with Crippen molar-refractivity contribution >= 4 is 17.5 Å². The van der Waals surface area contributed by atoms with Crippen LogP contribution in [-0.2, 0) is 0 Å². The highest BCUT2D eigenvalue weighted by molar-refractivity contribution is 5.92. The second-order valence-corrected chi connectivity index (χ2v) is 3.51. The van der Waals surface area contributed by atoms with Gasteiger partial charge in [0, 0.05) is 0 Å². The Labute approximate surface area is 101 Å². The summed E-state index contributed by atoms with van der Waals surface area (Å²) in [6.45, 7) is 0. The lowest BCUT2D eigenvalue weighted by molar-refractivity contribution is 0.0692. The van der Waals surface area contributed by atoms with Gasteiger partial charge in [0.1, 0.15) is 5.82 Å². The second kappa shape index (κ2) is 4.28. The molecular formula is C11H9FN4O2. The van der Waals surface area contributed by atoms with Crippen molar-refractivity contribution in [3.05, 3.63) is 35.9 Å². The second-order valence-electron chi connectivity index (χ2n) is 3.51. The summed E-state index contributed by atoms with van der Waals surface area (Å²) in [4.78, 5) is 18.1. The molecule has 2 heterocycles. The minimum absolute atomic E-state index is 0.00932. The number of nitrogens with two attached hydrogens (primary N) is 2. The molecule has 2 aromatic heterocycles. The van der Waals surface area contributed by atoms with Gasteiger partial charge in [-0.1, -0.05) is 0 Å². The Morgan fingerprint density at radius 2 is 1.89 bits per heavy atom. The van der Waals surface area contributed by atoms with Crippen molar-refractivity contribution in [3.8, 4) is 11.3 Å². The van der Waals surface area contributed by atoms with Crippen LogP contribution in [0.25, 0.3) is 11.3 Å². The molecule has 0 saturated heterocycles. The van der Waals surface area contributed by atoms with Crippen LogP contribution < -0.4 is 11.5 Å². The minimum atomic E-state index is -1.28. The molecule has 0 aliphatic carbocycles. The first-order valence-corrected chi connectivity index (χ1v) is 4.91. The molecule has 0 aliphatic rings. The van der Waals surface area contributed by atoms with Gasteiger partial charge in [-0.25, -0.2) is 14.8 Å². The summed E-state index contributed by atoms with van der Waals surface area (Å²) in [5.74, 6) is -2.06. The van der Waals surface area contributed by atoms with Crippen molar-refractivity contribution in [3.63, 3.8) is 0 Å². The quantitative estimate of drug-likeness (QED) is 0.686. The standard InChI is InChI=1S/C11H9FN4O2/c12-10-5(1-4-8(14)16-10)7-3-2-6(13)9(15-7)11(17)18/h1-4H,13H2,(H2,14,16)(H,17,18). The molecule has 6 nitrogen and oxygen atoms in total. The Morgan fingerprint density at radius 1 is 1.17 bits per heavy atom. The van der Waals surface area contributed by atoms with Gasteiger partial charge in [-0.05, 0) is 24.3 Å². The number of hydrogen-bond acceptors (Lipinski definition) is 5. The molecule has 2 aromatic rings. The molecule has 2 rings (SSSR count). The van der Waals surface area contributed by atoms with Crippen LogP contribution in [0.3, 0.4) is 0 Å². The monoisotopic (exact) mass is 248 g/mol. The molecule has 0 aromatic carbocycles. The van der Waals surface area contributed by atoms with E-state index >= 15 is 0 Å². The van der Waals surface area contributed by atoms with Gasteiger partial charge in [0.05, 0.1) is 16.9 Å². The normalized spacial score (nSPS) is 10.3. The zero-order valence-electron chi connectivity index (χ0n) is 9.09.